The molecule has 1 aliphatic heterocycles. The van der Waals surface area contributed by atoms with Crippen LogP contribution >= 0.6 is 0 Å². The monoisotopic (exact) mass is 391 g/mol. The van der Waals surface area contributed by atoms with Crippen LogP contribution in [0.2, 0.25) is 0 Å². The highest BCUT2D eigenvalue weighted by atomic mass is 16.4. The smallest absolute Gasteiger partial charge is 0.405 e. The van der Waals surface area contributed by atoms with Crippen LogP contribution in [0.1, 0.15) is 24.6 Å². The van der Waals surface area contributed by atoms with Crippen LogP contribution in [0.25, 0.3) is 22.5 Å². The average molecular weight is 391 g/mol. The van der Waals surface area contributed by atoms with Crippen molar-refractivity contribution in [2.75, 3.05) is 5.32 Å². The number of H-pyrrole nitrogens is 1. The Kier molecular flexibility index (Phi) is 4.97. The van der Waals surface area contributed by atoms with Crippen LogP contribution in [0.15, 0.2) is 48.7 Å². The van der Waals surface area contributed by atoms with E-state index in [0.717, 1.165) is 16.7 Å². The summed E-state index contributed by atoms with van der Waals surface area (Å²) in [6.07, 6.45) is 4.52. The molecule has 4 rings (SSSR count). The first-order chi connectivity index (χ1) is 14.1. The average Bonchev–Trinajstić information content (AvgIpc) is 3.24. The minimum absolute atomic E-state index is 0.174. The maximum atomic E-state index is 12.3. The van der Waals surface area contributed by atoms with Crippen molar-refractivity contribution in [2.24, 2.45) is 0 Å². The minimum atomic E-state index is -1.14. The Morgan fingerprint density at radius 1 is 1.17 bits per heavy atom. The zero-order valence-electron chi connectivity index (χ0n) is 15.2. The van der Waals surface area contributed by atoms with Crippen molar-refractivity contribution in [3.63, 3.8) is 0 Å². The van der Waals surface area contributed by atoms with E-state index in [2.05, 4.69) is 36.2 Å². The van der Waals surface area contributed by atoms with Crippen molar-refractivity contribution in [3.05, 3.63) is 54.4 Å². The molecule has 3 heterocycles. The fourth-order valence-electron chi connectivity index (χ4n) is 3.15. The van der Waals surface area contributed by atoms with Gasteiger partial charge in [0, 0.05) is 29.4 Å². The molecule has 0 unspecified atom stereocenters. The first kappa shape index (κ1) is 18.3. The summed E-state index contributed by atoms with van der Waals surface area (Å²) >= 11 is 0. The number of benzene rings is 1. The maximum Gasteiger partial charge on any atom is 0.405 e. The number of nitrogens with one attached hydrogen (secondary N) is 3. The number of carbonyl (C=O) groups is 2. The molecular formula is C19H17N7O3. The standard InChI is InChI=1S/C19H17N7O3/c27-17-4-2-1-3-15(22-19(28)29)16-10-11(7-8-20-16)13-9-12(5-6-14(13)21-17)18-23-25-26-24-18/h1-2,5-10,15,22H,3-4H2,(H,21,27)(H,28,29)(H,23,24,25,26)/b2-1+/t15-/m0/s1. The van der Waals surface area contributed by atoms with Crippen molar-refractivity contribution in [1.82, 2.24) is 30.9 Å². The largest absolute Gasteiger partial charge is 0.465 e. The molecule has 3 aromatic rings. The Hall–Kier alpha value is -4.08. The number of pyridine rings is 1. The molecule has 1 aliphatic rings. The van der Waals surface area contributed by atoms with E-state index in [1.807, 2.05) is 6.07 Å². The van der Waals surface area contributed by atoms with E-state index < -0.39 is 12.1 Å². The van der Waals surface area contributed by atoms with Crippen LogP contribution in [0.4, 0.5) is 10.5 Å². The number of tetrazole rings is 1. The quantitative estimate of drug-likeness (QED) is 0.491. The number of aromatic nitrogens is 5. The Labute approximate surface area is 165 Å². The molecule has 2 aromatic heterocycles. The summed E-state index contributed by atoms with van der Waals surface area (Å²) in [7, 11) is 0. The summed E-state index contributed by atoms with van der Waals surface area (Å²) in [5.74, 6) is 0.250. The highest BCUT2D eigenvalue weighted by Crippen LogP contribution is 2.33. The molecule has 146 valence electrons. The predicted molar refractivity (Wildman–Crippen MR) is 104 cm³/mol. The van der Waals surface area contributed by atoms with E-state index >= 15 is 0 Å². The Bertz CT molecular complexity index is 1080. The first-order valence-electron chi connectivity index (χ1n) is 8.88. The molecule has 2 amide bonds. The lowest BCUT2D eigenvalue weighted by Crippen LogP contribution is -2.27. The van der Waals surface area contributed by atoms with Crippen molar-refractivity contribution < 1.29 is 14.7 Å². The second-order valence-corrected chi connectivity index (χ2v) is 6.43. The highest BCUT2D eigenvalue weighted by molar-refractivity contribution is 5.97. The third-order valence-corrected chi connectivity index (χ3v) is 4.49. The number of nitrogens with zero attached hydrogens (tertiary/aromatic N) is 4. The number of hydrogen-bond acceptors (Lipinski definition) is 6. The summed E-state index contributed by atoms with van der Waals surface area (Å²) < 4.78 is 0. The van der Waals surface area contributed by atoms with Crippen LogP contribution in [-0.2, 0) is 4.79 Å². The molecule has 4 N–H and O–H groups in total. The Morgan fingerprint density at radius 3 is 2.86 bits per heavy atom. The SMILES string of the molecule is O=C(O)N[C@H]1C/C=C/CC(=O)Nc2ccc(-c3nn[nH]n3)cc2-c2ccnc1c2. The fraction of sp³-hybridized carbons (Fsp3) is 0.158. The van der Waals surface area contributed by atoms with Gasteiger partial charge < -0.3 is 15.7 Å². The van der Waals surface area contributed by atoms with E-state index in [9.17, 15) is 14.7 Å². The van der Waals surface area contributed by atoms with E-state index in [0.29, 0.717) is 23.6 Å². The van der Waals surface area contributed by atoms with Gasteiger partial charge in [0.15, 0.2) is 0 Å². The Balaban J connectivity index is 1.85. The van der Waals surface area contributed by atoms with Gasteiger partial charge in [0.05, 0.1) is 11.7 Å². The van der Waals surface area contributed by atoms with Gasteiger partial charge in [-0.3, -0.25) is 9.78 Å². The lowest BCUT2D eigenvalue weighted by atomic mass is 9.98. The first-order valence-corrected chi connectivity index (χ1v) is 8.88. The van der Waals surface area contributed by atoms with Crippen molar-refractivity contribution >= 4 is 17.7 Å². The van der Waals surface area contributed by atoms with Gasteiger partial charge in [0.1, 0.15) is 0 Å². The topological polar surface area (TPSA) is 146 Å². The number of anilines is 1. The molecular weight excluding hydrogens is 374 g/mol. The number of rotatable bonds is 2. The number of amides is 2. The molecule has 10 nitrogen and oxygen atoms in total. The molecule has 1 aromatic carbocycles. The molecule has 0 saturated heterocycles. The molecule has 2 bridgehead atoms. The van der Waals surface area contributed by atoms with Crippen LogP contribution in [0, 0.1) is 0 Å². The summed E-state index contributed by atoms with van der Waals surface area (Å²) in [6, 6.07) is 8.50. The molecule has 29 heavy (non-hydrogen) atoms. The van der Waals surface area contributed by atoms with E-state index in [4.69, 9.17) is 0 Å². The van der Waals surface area contributed by atoms with E-state index in [-0.39, 0.29) is 12.3 Å². The minimum Gasteiger partial charge on any atom is -0.465 e. The third kappa shape index (κ3) is 4.10. The number of fused-ring (bicyclic) bond motifs is 4. The van der Waals surface area contributed by atoms with Crippen LogP contribution in [0.5, 0.6) is 0 Å². The number of aromatic amines is 1. The molecule has 0 radical (unpaired) electrons. The predicted octanol–water partition coefficient (Wildman–Crippen LogP) is 2.53. The van der Waals surface area contributed by atoms with Gasteiger partial charge in [-0.05, 0) is 47.5 Å². The fourth-order valence-corrected chi connectivity index (χ4v) is 3.15. The zero-order valence-corrected chi connectivity index (χ0v) is 15.2. The van der Waals surface area contributed by atoms with Gasteiger partial charge in [-0.15, -0.1) is 10.2 Å². The van der Waals surface area contributed by atoms with Gasteiger partial charge in [-0.1, -0.05) is 12.2 Å². The summed E-state index contributed by atoms with van der Waals surface area (Å²) in [5.41, 5.74) is 3.44. The highest BCUT2D eigenvalue weighted by Gasteiger charge is 2.18. The number of carbonyl (C=O) groups excluding carboxylic acids is 1. The second-order valence-electron chi connectivity index (χ2n) is 6.43. The van der Waals surface area contributed by atoms with Crippen molar-refractivity contribution in [3.8, 4) is 22.5 Å². The second kappa shape index (κ2) is 7.89. The maximum absolute atomic E-state index is 12.3. The van der Waals surface area contributed by atoms with Crippen LogP contribution in [0.3, 0.4) is 0 Å². The van der Waals surface area contributed by atoms with E-state index in [1.54, 1.807) is 42.6 Å². The summed E-state index contributed by atoms with van der Waals surface area (Å²) in [5, 5.41) is 28.6. The van der Waals surface area contributed by atoms with Crippen LogP contribution in [-0.4, -0.2) is 42.7 Å². The molecule has 0 fully saturated rings. The molecule has 1 atom stereocenters. The molecule has 0 aliphatic carbocycles. The van der Waals surface area contributed by atoms with Crippen LogP contribution < -0.4 is 10.6 Å². The number of hydrogen-bond donors (Lipinski definition) is 4. The van der Waals surface area contributed by atoms with Gasteiger partial charge in [0.2, 0.25) is 11.7 Å². The summed E-state index contributed by atoms with van der Waals surface area (Å²) in [4.78, 5) is 27.9. The zero-order chi connectivity index (χ0) is 20.2. The molecule has 0 spiro atoms. The molecule has 0 saturated carbocycles. The van der Waals surface area contributed by atoms with E-state index in [1.165, 1.54) is 0 Å². The summed E-state index contributed by atoms with van der Waals surface area (Å²) in [6.45, 7) is 0. The van der Waals surface area contributed by atoms with Gasteiger partial charge in [0.25, 0.3) is 0 Å². The Morgan fingerprint density at radius 2 is 2.07 bits per heavy atom. The van der Waals surface area contributed by atoms with Gasteiger partial charge in [-0.2, -0.15) is 5.21 Å². The van der Waals surface area contributed by atoms with Gasteiger partial charge in [-0.25, -0.2) is 4.79 Å². The molecule has 10 heteroatoms. The van der Waals surface area contributed by atoms with Crippen molar-refractivity contribution in [1.29, 1.82) is 0 Å². The van der Waals surface area contributed by atoms with Crippen molar-refractivity contribution in [2.45, 2.75) is 18.9 Å². The number of carboxylic acid groups (broad SMARTS) is 1. The lowest BCUT2D eigenvalue weighted by molar-refractivity contribution is -0.115. The van der Waals surface area contributed by atoms with Gasteiger partial charge >= 0.3 is 6.09 Å². The normalized spacial score (nSPS) is 17.2. The third-order valence-electron chi connectivity index (χ3n) is 4.49. The lowest BCUT2D eigenvalue weighted by Gasteiger charge is -2.18.